The van der Waals surface area contributed by atoms with Crippen molar-refractivity contribution in [1.82, 2.24) is 0 Å². The van der Waals surface area contributed by atoms with E-state index in [1.165, 1.54) is 0 Å². The van der Waals surface area contributed by atoms with Crippen LogP contribution in [0, 0.1) is 5.92 Å². The third-order valence-corrected chi connectivity index (χ3v) is 7.39. The molecule has 1 saturated heterocycles. The number of rotatable bonds is 14. The summed E-state index contributed by atoms with van der Waals surface area (Å²) in [5.74, 6) is -0.124. The SMILES string of the molecule is CO[C@H]1OCC(COCc2ccccc2)[C@@H](OCc2ccccc2)C(OCc2ccccc2)C1OCc1ccccc1. The van der Waals surface area contributed by atoms with Gasteiger partial charge in [-0.1, -0.05) is 121 Å². The summed E-state index contributed by atoms with van der Waals surface area (Å²) in [6.45, 7) is 2.52. The third kappa shape index (κ3) is 8.82. The fraction of sp³-hybridized carbons (Fsp3) is 0.333. The van der Waals surface area contributed by atoms with E-state index < -0.39 is 18.5 Å². The van der Waals surface area contributed by atoms with Gasteiger partial charge in [0.15, 0.2) is 6.29 Å². The molecule has 0 spiro atoms. The van der Waals surface area contributed by atoms with Gasteiger partial charge in [0, 0.05) is 13.0 Å². The zero-order valence-corrected chi connectivity index (χ0v) is 24.1. The first-order valence-electron chi connectivity index (χ1n) is 14.5. The van der Waals surface area contributed by atoms with Gasteiger partial charge in [-0.3, -0.25) is 0 Å². The predicted molar refractivity (Wildman–Crippen MR) is 161 cm³/mol. The highest BCUT2D eigenvalue weighted by atomic mass is 16.7. The standard InChI is InChI=1S/C36H40O6/c1-37-36-35(41-25-31-20-12-5-13-21-31)34(40-24-30-18-10-4-11-19-30)33(39-23-29-16-8-3-9-17-29)32(27-42-36)26-38-22-28-14-6-2-7-15-28/h2-21,32-36H,22-27H2,1H3/t32?,33-,34?,35?,36+/m1/s1. The molecule has 6 heteroatoms. The topological polar surface area (TPSA) is 55.4 Å². The minimum Gasteiger partial charge on any atom is -0.376 e. The molecule has 3 unspecified atom stereocenters. The van der Waals surface area contributed by atoms with E-state index in [1.54, 1.807) is 7.11 Å². The molecule has 5 rings (SSSR count). The molecule has 1 fully saturated rings. The molecule has 4 aromatic rings. The van der Waals surface area contributed by atoms with Crippen LogP contribution < -0.4 is 0 Å². The molecule has 1 aliphatic heterocycles. The monoisotopic (exact) mass is 568 g/mol. The number of ether oxygens (including phenoxy) is 6. The van der Waals surface area contributed by atoms with Crippen molar-refractivity contribution in [2.45, 2.75) is 51.0 Å². The van der Waals surface area contributed by atoms with Gasteiger partial charge in [0.2, 0.25) is 0 Å². The van der Waals surface area contributed by atoms with E-state index in [0.29, 0.717) is 39.6 Å². The van der Waals surface area contributed by atoms with Crippen molar-refractivity contribution in [2.75, 3.05) is 20.3 Å². The summed E-state index contributed by atoms with van der Waals surface area (Å²) in [7, 11) is 1.64. The average molecular weight is 569 g/mol. The van der Waals surface area contributed by atoms with Gasteiger partial charge in [-0.25, -0.2) is 0 Å². The molecule has 0 bridgehead atoms. The van der Waals surface area contributed by atoms with Crippen molar-refractivity contribution in [3.63, 3.8) is 0 Å². The number of methoxy groups -OCH3 is 1. The molecule has 0 saturated carbocycles. The molecule has 0 radical (unpaired) electrons. The second kappa shape index (κ2) is 16.3. The highest BCUT2D eigenvalue weighted by Crippen LogP contribution is 2.30. The molecule has 6 nitrogen and oxygen atoms in total. The van der Waals surface area contributed by atoms with Gasteiger partial charge in [0.05, 0.1) is 45.7 Å². The Morgan fingerprint density at radius 3 is 1.38 bits per heavy atom. The van der Waals surface area contributed by atoms with Crippen molar-refractivity contribution in [3.05, 3.63) is 144 Å². The maximum atomic E-state index is 6.72. The second-order valence-electron chi connectivity index (χ2n) is 10.5. The summed E-state index contributed by atoms with van der Waals surface area (Å²) in [5.41, 5.74) is 4.32. The smallest absolute Gasteiger partial charge is 0.186 e. The van der Waals surface area contributed by atoms with Crippen molar-refractivity contribution in [2.24, 2.45) is 5.92 Å². The molecular weight excluding hydrogens is 528 g/mol. The molecule has 220 valence electrons. The van der Waals surface area contributed by atoms with Gasteiger partial charge in [0.25, 0.3) is 0 Å². The van der Waals surface area contributed by atoms with Gasteiger partial charge in [-0.15, -0.1) is 0 Å². The predicted octanol–water partition coefficient (Wildman–Crippen LogP) is 6.58. The number of benzene rings is 4. The fourth-order valence-corrected chi connectivity index (χ4v) is 5.16. The Balaban J connectivity index is 1.41. The zero-order valence-electron chi connectivity index (χ0n) is 24.1. The van der Waals surface area contributed by atoms with Crippen molar-refractivity contribution in [3.8, 4) is 0 Å². The molecule has 0 aliphatic carbocycles. The Morgan fingerprint density at radius 2 is 0.929 bits per heavy atom. The fourth-order valence-electron chi connectivity index (χ4n) is 5.16. The Kier molecular flexibility index (Phi) is 11.7. The summed E-state index contributed by atoms with van der Waals surface area (Å²) in [6, 6.07) is 40.6. The molecule has 1 heterocycles. The van der Waals surface area contributed by atoms with Gasteiger partial charge in [-0.05, 0) is 22.3 Å². The summed E-state index contributed by atoms with van der Waals surface area (Å²) >= 11 is 0. The van der Waals surface area contributed by atoms with E-state index in [1.807, 2.05) is 84.9 Å². The van der Waals surface area contributed by atoms with E-state index in [-0.39, 0.29) is 12.0 Å². The van der Waals surface area contributed by atoms with Gasteiger partial charge in [-0.2, -0.15) is 0 Å². The van der Waals surface area contributed by atoms with Crippen LogP contribution >= 0.6 is 0 Å². The minimum absolute atomic E-state index is 0.124. The summed E-state index contributed by atoms with van der Waals surface area (Å²) < 4.78 is 38.4. The van der Waals surface area contributed by atoms with Crippen LogP contribution in [0.3, 0.4) is 0 Å². The highest BCUT2D eigenvalue weighted by molar-refractivity contribution is 5.16. The van der Waals surface area contributed by atoms with Crippen LogP contribution in [0.25, 0.3) is 0 Å². The summed E-state index contributed by atoms with van der Waals surface area (Å²) in [5, 5.41) is 0. The summed E-state index contributed by atoms with van der Waals surface area (Å²) in [4.78, 5) is 0. The molecule has 1 aliphatic rings. The van der Waals surface area contributed by atoms with E-state index in [4.69, 9.17) is 28.4 Å². The quantitative estimate of drug-likeness (QED) is 0.171. The number of hydrogen-bond donors (Lipinski definition) is 0. The lowest BCUT2D eigenvalue weighted by Crippen LogP contribution is -2.50. The van der Waals surface area contributed by atoms with Crippen LogP contribution in [0.4, 0.5) is 0 Å². The zero-order chi connectivity index (χ0) is 28.8. The van der Waals surface area contributed by atoms with Crippen LogP contribution in [-0.4, -0.2) is 44.9 Å². The Bertz CT molecular complexity index is 1270. The molecule has 0 N–H and O–H groups in total. The first-order chi connectivity index (χ1) is 20.8. The molecule has 4 aromatic carbocycles. The normalized spacial score (nSPS) is 22.5. The van der Waals surface area contributed by atoms with Crippen LogP contribution in [0.1, 0.15) is 22.3 Å². The van der Waals surface area contributed by atoms with Crippen LogP contribution in [0.2, 0.25) is 0 Å². The van der Waals surface area contributed by atoms with Crippen molar-refractivity contribution in [1.29, 1.82) is 0 Å². The molecule has 5 atom stereocenters. The maximum Gasteiger partial charge on any atom is 0.186 e. The Hall–Kier alpha value is -3.36. The first-order valence-corrected chi connectivity index (χ1v) is 14.5. The van der Waals surface area contributed by atoms with Gasteiger partial charge >= 0.3 is 0 Å². The van der Waals surface area contributed by atoms with E-state index in [0.717, 1.165) is 22.3 Å². The first kappa shape index (κ1) is 30.1. The van der Waals surface area contributed by atoms with Crippen molar-refractivity contribution >= 4 is 0 Å². The maximum absolute atomic E-state index is 6.72. The van der Waals surface area contributed by atoms with Crippen LogP contribution in [0.15, 0.2) is 121 Å². The Morgan fingerprint density at radius 1 is 0.524 bits per heavy atom. The lowest BCUT2D eigenvalue weighted by molar-refractivity contribution is -0.229. The van der Waals surface area contributed by atoms with Gasteiger partial charge < -0.3 is 28.4 Å². The highest BCUT2D eigenvalue weighted by Gasteiger charge is 2.45. The Labute approximate surface area is 249 Å². The molecular formula is C36H40O6. The van der Waals surface area contributed by atoms with E-state index >= 15 is 0 Å². The lowest BCUT2D eigenvalue weighted by Gasteiger charge is -2.35. The minimum atomic E-state index is -0.642. The van der Waals surface area contributed by atoms with Crippen LogP contribution in [-0.2, 0) is 54.8 Å². The van der Waals surface area contributed by atoms with Gasteiger partial charge in [0.1, 0.15) is 12.2 Å². The second-order valence-corrected chi connectivity index (χ2v) is 10.5. The van der Waals surface area contributed by atoms with Crippen LogP contribution in [0.5, 0.6) is 0 Å². The molecule has 42 heavy (non-hydrogen) atoms. The molecule has 0 amide bonds. The van der Waals surface area contributed by atoms with E-state index in [2.05, 4.69) is 36.4 Å². The summed E-state index contributed by atoms with van der Waals surface area (Å²) in [6.07, 6.45) is -2.06. The average Bonchev–Trinajstić information content (AvgIpc) is 3.19. The van der Waals surface area contributed by atoms with E-state index in [9.17, 15) is 0 Å². The largest absolute Gasteiger partial charge is 0.376 e. The van der Waals surface area contributed by atoms with Crippen molar-refractivity contribution < 1.29 is 28.4 Å². The lowest BCUT2D eigenvalue weighted by atomic mass is 9.96. The number of hydrogen-bond acceptors (Lipinski definition) is 6. The molecule has 0 aromatic heterocycles. The third-order valence-electron chi connectivity index (χ3n) is 7.39.